The summed E-state index contributed by atoms with van der Waals surface area (Å²) in [5.74, 6) is 0.127. The molecule has 0 aromatic heterocycles. The van der Waals surface area contributed by atoms with E-state index < -0.39 is 18.5 Å². The molecule has 0 radical (unpaired) electrons. The van der Waals surface area contributed by atoms with Crippen LogP contribution in [0.2, 0.25) is 0 Å². The van der Waals surface area contributed by atoms with E-state index in [4.69, 9.17) is 14.3 Å². The lowest BCUT2D eigenvalue weighted by Gasteiger charge is -2.20. The highest BCUT2D eigenvalue weighted by Crippen LogP contribution is 2.40. The molecule has 4 rings (SSSR count). The lowest BCUT2D eigenvalue weighted by molar-refractivity contribution is -0.169. The number of aromatic hydroxyl groups is 1. The summed E-state index contributed by atoms with van der Waals surface area (Å²) in [7, 11) is 0. The number of carbonyl (C=O) groups is 1. The van der Waals surface area contributed by atoms with Gasteiger partial charge in [0.1, 0.15) is 23.2 Å². The molecule has 1 aliphatic heterocycles. The zero-order valence-electron chi connectivity index (χ0n) is 21.8. The molecule has 0 bridgehead atoms. The van der Waals surface area contributed by atoms with E-state index in [0.717, 1.165) is 16.5 Å². The fourth-order valence-electron chi connectivity index (χ4n) is 4.49. The summed E-state index contributed by atoms with van der Waals surface area (Å²) >= 11 is 0. The molecule has 1 amide bonds. The lowest BCUT2D eigenvalue weighted by atomic mass is 9.92. The number of phenols is 1. The Labute approximate surface area is 230 Å². The second-order valence-corrected chi connectivity index (χ2v) is 9.59. The molecule has 212 valence electrons. The molecule has 40 heavy (non-hydrogen) atoms. The van der Waals surface area contributed by atoms with Crippen LogP contribution in [0.5, 0.6) is 5.75 Å². The third-order valence-corrected chi connectivity index (χ3v) is 6.54. The molecular formula is C30H33NO9. The molecule has 3 atom stereocenters. The van der Waals surface area contributed by atoms with Crippen molar-refractivity contribution in [3.8, 4) is 28.2 Å². The minimum Gasteiger partial charge on any atom is -0.508 e. The molecule has 0 fully saturated rings. The van der Waals surface area contributed by atoms with Crippen LogP contribution in [0.15, 0.2) is 69.9 Å². The molecule has 0 saturated heterocycles. The first-order chi connectivity index (χ1) is 19.3. The molecule has 1 heterocycles. The number of aliphatic hydroxyl groups is 4. The fraction of sp³-hybridized carbons (Fsp3) is 0.333. The van der Waals surface area contributed by atoms with Gasteiger partial charge in [0.25, 0.3) is 5.91 Å². The first kappa shape index (κ1) is 29.2. The zero-order chi connectivity index (χ0) is 28.6. The van der Waals surface area contributed by atoms with Crippen molar-refractivity contribution in [1.82, 2.24) is 5.32 Å². The van der Waals surface area contributed by atoms with Crippen molar-refractivity contribution >= 4 is 16.9 Å². The number of phenolic OH excluding ortho intramolecular Hbond substituents is 1. The number of hydrogen-bond donors (Lipinski definition) is 6. The van der Waals surface area contributed by atoms with E-state index in [0.29, 0.717) is 41.9 Å². The van der Waals surface area contributed by atoms with Crippen LogP contribution in [0, 0.1) is 0 Å². The molecule has 2 aliphatic rings. The summed E-state index contributed by atoms with van der Waals surface area (Å²) in [6.07, 6.45) is -2.57. The van der Waals surface area contributed by atoms with Crippen LogP contribution in [-0.4, -0.2) is 69.7 Å². The summed E-state index contributed by atoms with van der Waals surface area (Å²) in [5, 5.41) is 51.6. The average molecular weight is 552 g/mol. The molecule has 10 nitrogen and oxygen atoms in total. The van der Waals surface area contributed by atoms with Crippen molar-refractivity contribution in [1.29, 1.82) is 0 Å². The van der Waals surface area contributed by atoms with E-state index in [1.807, 2.05) is 6.07 Å². The third-order valence-electron chi connectivity index (χ3n) is 6.54. The van der Waals surface area contributed by atoms with E-state index in [1.54, 1.807) is 36.4 Å². The van der Waals surface area contributed by atoms with Crippen molar-refractivity contribution in [2.75, 3.05) is 19.8 Å². The number of carbonyl (C=O) groups excluding carboxylic acids is 1. The third kappa shape index (κ3) is 7.23. The first-order valence-electron chi connectivity index (χ1n) is 13.1. The number of nitrogens with one attached hydrogen (secondary N) is 1. The SMILES string of the molecule is O=C(NCCCCOC(O)[C@H](O)CC(O)CCO)c1cccc(-c2c3ccc(=O)cc-3oc3cc(O)ccc23)c1. The summed E-state index contributed by atoms with van der Waals surface area (Å²) < 4.78 is 11.1. The molecule has 2 aromatic rings. The molecular weight excluding hydrogens is 518 g/mol. The van der Waals surface area contributed by atoms with Gasteiger partial charge < -0.3 is 40.0 Å². The Hall–Kier alpha value is -3.80. The molecule has 2 unspecified atom stereocenters. The van der Waals surface area contributed by atoms with Crippen molar-refractivity contribution in [3.05, 3.63) is 76.5 Å². The van der Waals surface area contributed by atoms with Crippen LogP contribution in [0.3, 0.4) is 0 Å². The Kier molecular flexibility index (Phi) is 9.86. The molecule has 10 heteroatoms. The zero-order valence-corrected chi connectivity index (χ0v) is 21.8. The van der Waals surface area contributed by atoms with Gasteiger partial charge in [0.2, 0.25) is 0 Å². The number of fused-ring (bicyclic) bond motifs is 2. The summed E-state index contributed by atoms with van der Waals surface area (Å²) in [6.45, 7) is 0.299. The minimum atomic E-state index is -1.45. The molecule has 1 aliphatic carbocycles. The number of amides is 1. The van der Waals surface area contributed by atoms with Crippen LogP contribution in [0.1, 0.15) is 36.0 Å². The fourth-order valence-corrected chi connectivity index (χ4v) is 4.49. The van der Waals surface area contributed by atoms with E-state index in [9.17, 15) is 30.0 Å². The summed E-state index contributed by atoms with van der Waals surface area (Å²) in [4.78, 5) is 24.8. The summed E-state index contributed by atoms with van der Waals surface area (Å²) in [5.41, 5.74) is 2.85. The molecule has 0 spiro atoms. The van der Waals surface area contributed by atoms with Gasteiger partial charge in [0, 0.05) is 60.4 Å². The van der Waals surface area contributed by atoms with Gasteiger partial charge >= 0.3 is 0 Å². The predicted molar refractivity (Wildman–Crippen MR) is 148 cm³/mol. The molecule has 6 N–H and O–H groups in total. The monoisotopic (exact) mass is 551 g/mol. The number of hydrogen-bond acceptors (Lipinski definition) is 9. The Bertz CT molecular complexity index is 1470. The van der Waals surface area contributed by atoms with E-state index in [-0.39, 0.29) is 43.1 Å². The quantitative estimate of drug-likeness (QED) is 0.0831. The first-order valence-corrected chi connectivity index (χ1v) is 13.1. The van der Waals surface area contributed by atoms with Gasteiger partial charge in [-0.1, -0.05) is 12.1 Å². The van der Waals surface area contributed by atoms with Gasteiger partial charge in [0.15, 0.2) is 11.7 Å². The smallest absolute Gasteiger partial charge is 0.251 e. The van der Waals surface area contributed by atoms with E-state index in [1.165, 1.54) is 18.2 Å². The highest BCUT2D eigenvalue weighted by Gasteiger charge is 2.21. The van der Waals surface area contributed by atoms with Crippen molar-refractivity contribution in [2.24, 2.45) is 0 Å². The van der Waals surface area contributed by atoms with E-state index in [2.05, 4.69) is 5.32 Å². The Morgan fingerprint density at radius 1 is 1.00 bits per heavy atom. The number of benzene rings is 3. The van der Waals surface area contributed by atoms with Crippen molar-refractivity contribution in [3.63, 3.8) is 0 Å². The highest BCUT2D eigenvalue weighted by atomic mass is 16.6. The Balaban J connectivity index is 1.38. The van der Waals surface area contributed by atoms with Gasteiger partial charge in [-0.15, -0.1) is 0 Å². The van der Waals surface area contributed by atoms with Crippen molar-refractivity contribution in [2.45, 2.75) is 44.2 Å². The van der Waals surface area contributed by atoms with Gasteiger partial charge in [-0.2, -0.15) is 0 Å². The second-order valence-electron chi connectivity index (χ2n) is 9.59. The number of ether oxygens (including phenoxy) is 1. The van der Waals surface area contributed by atoms with Gasteiger partial charge in [-0.05, 0) is 61.2 Å². The second kappa shape index (κ2) is 13.5. The average Bonchev–Trinajstić information content (AvgIpc) is 2.93. The van der Waals surface area contributed by atoms with Gasteiger partial charge in [-0.3, -0.25) is 9.59 Å². The number of rotatable bonds is 13. The maximum Gasteiger partial charge on any atom is 0.251 e. The van der Waals surface area contributed by atoms with Gasteiger partial charge in [-0.25, -0.2) is 0 Å². The van der Waals surface area contributed by atoms with Crippen LogP contribution in [-0.2, 0) is 4.74 Å². The van der Waals surface area contributed by atoms with Gasteiger partial charge in [0.05, 0.1) is 6.10 Å². The maximum atomic E-state index is 12.9. The molecule has 2 aromatic carbocycles. The lowest BCUT2D eigenvalue weighted by Crippen LogP contribution is -2.33. The van der Waals surface area contributed by atoms with Crippen LogP contribution in [0.25, 0.3) is 33.4 Å². The van der Waals surface area contributed by atoms with Crippen LogP contribution in [0.4, 0.5) is 0 Å². The number of aliphatic hydroxyl groups excluding tert-OH is 4. The predicted octanol–water partition coefficient (Wildman–Crippen LogP) is 2.61. The number of unbranched alkanes of at least 4 members (excludes halogenated alkanes) is 1. The normalized spacial score (nSPS) is 13.8. The maximum absolute atomic E-state index is 12.9. The largest absolute Gasteiger partial charge is 0.508 e. The summed E-state index contributed by atoms with van der Waals surface area (Å²) in [6, 6.07) is 16.4. The Morgan fingerprint density at radius 2 is 1.82 bits per heavy atom. The Morgan fingerprint density at radius 3 is 2.62 bits per heavy atom. The highest BCUT2D eigenvalue weighted by molar-refractivity contribution is 6.03. The van der Waals surface area contributed by atoms with Crippen LogP contribution < -0.4 is 10.7 Å². The van der Waals surface area contributed by atoms with E-state index >= 15 is 0 Å². The minimum absolute atomic E-state index is 0.0286. The van der Waals surface area contributed by atoms with Crippen LogP contribution >= 0.6 is 0 Å². The molecule has 0 saturated carbocycles. The standard InChI is InChI=1S/C30H33NO9/c32-12-10-22(35)15-25(36)30(38)39-13-2-1-11-31-29(37)19-5-3-4-18(14-19)28-23-8-6-20(33)16-26(23)40-27-17-21(34)7-9-24(27)28/h3-9,14,16-17,22,25,30,32-33,35-36,38H,1-2,10-13,15H2,(H,31,37)/t22?,25-,30?/m1/s1. The van der Waals surface area contributed by atoms with Crippen molar-refractivity contribution < 1.29 is 39.5 Å². The topological polar surface area (TPSA) is 170 Å².